The van der Waals surface area contributed by atoms with Gasteiger partial charge in [-0.05, 0) is 126 Å². The normalized spacial score (nSPS) is 13.8. The highest BCUT2D eigenvalue weighted by molar-refractivity contribution is 7.26. The number of thiophene rings is 1. The minimum absolute atomic E-state index is 0.195. The second-order valence-electron chi connectivity index (χ2n) is 18.4. The first-order chi connectivity index (χ1) is 32.5. The third-order valence-corrected chi connectivity index (χ3v) is 15.8. The lowest BCUT2D eigenvalue weighted by atomic mass is 9.55. The molecule has 2 aliphatic carbocycles. The van der Waals surface area contributed by atoms with Gasteiger partial charge in [0, 0.05) is 42.6 Å². The lowest BCUT2D eigenvalue weighted by molar-refractivity contribution is 0.563. The predicted octanol–water partition coefficient (Wildman–Crippen LogP) is 17.5. The van der Waals surface area contributed by atoms with E-state index in [0.717, 1.165) is 17.1 Å². The first kappa shape index (κ1) is 38.7. The van der Waals surface area contributed by atoms with Gasteiger partial charge in [0.2, 0.25) is 0 Å². The maximum Gasteiger partial charge on any atom is 0.0719 e. The van der Waals surface area contributed by atoms with Crippen molar-refractivity contribution in [3.05, 3.63) is 270 Å². The Morgan fingerprint density at radius 1 is 0.318 bits per heavy atom. The summed E-state index contributed by atoms with van der Waals surface area (Å²) in [5.74, 6) is 0. The van der Waals surface area contributed by atoms with Gasteiger partial charge in [-0.2, -0.15) is 0 Å². The molecule has 0 bridgehead atoms. The van der Waals surface area contributed by atoms with E-state index in [0.29, 0.717) is 0 Å². The predicted molar refractivity (Wildman–Crippen MR) is 280 cm³/mol. The van der Waals surface area contributed by atoms with Crippen molar-refractivity contribution in [2.24, 2.45) is 0 Å². The van der Waals surface area contributed by atoms with Gasteiger partial charge in [0.25, 0.3) is 0 Å². The number of anilines is 3. The smallest absolute Gasteiger partial charge is 0.0719 e. The van der Waals surface area contributed by atoms with Crippen LogP contribution < -0.4 is 4.90 Å². The standard InChI is InChI=1S/C64H45NS/c1-63(2)57-30-11-12-31-59(57)64(55-28-9-6-23-51(55)52-24-7-10-29-56(52)64)60-41-46(35-38-58(60)63)45-20-15-22-49(40-45)65(48-21-14-19-44(39-48)42-17-4-3-5-18-42)47-36-33-43(34-37-47)50-26-16-27-54-53-25-8-13-32-61(53)66-62(50)54/h3-41H,1-2H3. The van der Waals surface area contributed by atoms with Crippen LogP contribution in [0.2, 0.25) is 0 Å². The van der Waals surface area contributed by atoms with Crippen molar-refractivity contribution in [2.45, 2.75) is 24.7 Å². The molecule has 0 fully saturated rings. The van der Waals surface area contributed by atoms with E-state index in [-0.39, 0.29) is 5.41 Å². The van der Waals surface area contributed by atoms with E-state index < -0.39 is 5.41 Å². The van der Waals surface area contributed by atoms with Gasteiger partial charge in [-0.1, -0.05) is 202 Å². The topological polar surface area (TPSA) is 3.24 Å². The average Bonchev–Trinajstić information content (AvgIpc) is 3.91. The molecule has 0 atom stereocenters. The first-order valence-electron chi connectivity index (χ1n) is 23.0. The van der Waals surface area contributed by atoms with Crippen LogP contribution in [0, 0.1) is 0 Å². The second-order valence-corrected chi connectivity index (χ2v) is 19.5. The van der Waals surface area contributed by atoms with E-state index in [1.807, 2.05) is 11.3 Å². The van der Waals surface area contributed by atoms with Gasteiger partial charge in [-0.25, -0.2) is 0 Å². The van der Waals surface area contributed by atoms with E-state index in [1.165, 1.54) is 98.1 Å². The molecule has 2 heteroatoms. The maximum atomic E-state index is 2.52. The van der Waals surface area contributed by atoms with Crippen LogP contribution in [0.1, 0.15) is 47.2 Å². The van der Waals surface area contributed by atoms with Gasteiger partial charge in [-0.3, -0.25) is 0 Å². The number of benzene rings is 10. The molecule has 0 amide bonds. The van der Waals surface area contributed by atoms with Gasteiger partial charge in [0.1, 0.15) is 0 Å². The van der Waals surface area contributed by atoms with Gasteiger partial charge in [0.05, 0.1) is 5.41 Å². The fraction of sp³-hybridized carbons (Fsp3) is 0.0625. The largest absolute Gasteiger partial charge is 0.310 e. The Morgan fingerprint density at radius 3 is 1.53 bits per heavy atom. The minimum atomic E-state index is -0.450. The number of fused-ring (bicyclic) bond motifs is 12. The van der Waals surface area contributed by atoms with Crippen molar-refractivity contribution >= 4 is 48.6 Å². The Hall–Kier alpha value is -7.78. The average molecular weight is 860 g/mol. The zero-order valence-electron chi connectivity index (χ0n) is 36.9. The van der Waals surface area contributed by atoms with Crippen LogP contribution in [0.4, 0.5) is 17.1 Å². The highest BCUT2D eigenvalue weighted by Crippen LogP contribution is 2.62. The van der Waals surface area contributed by atoms with E-state index in [9.17, 15) is 0 Å². The molecule has 1 spiro atoms. The fourth-order valence-corrected chi connectivity index (χ4v) is 12.8. The number of hydrogen-bond acceptors (Lipinski definition) is 2. The van der Waals surface area contributed by atoms with Crippen LogP contribution in [0.5, 0.6) is 0 Å². The van der Waals surface area contributed by atoms with Crippen LogP contribution in [0.25, 0.3) is 64.7 Å². The van der Waals surface area contributed by atoms with E-state index in [2.05, 4.69) is 255 Å². The summed E-state index contributed by atoms with van der Waals surface area (Å²) < 4.78 is 2.65. The molecule has 0 N–H and O–H groups in total. The quantitative estimate of drug-likeness (QED) is 0.161. The highest BCUT2D eigenvalue weighted by Gasteiger charge is 2.53. The molecule has 0 aliphatic heterocycles. The zero-order valence-corrected chi connectivity index (χ0v) is 37.7. The lowest BCUT2D eigenvalue weighted by Crippen LogP contribution is -2.40. The summed E-state index contributed by atoms with van der Waals surface area (Å²) >= 11 is 1.88. The van der Waals surface area contributed by atoms with Crippen molar-refractivity contribution in [2.75, 3.05) is 4.90 Å². The van der Waals surface area contributed by atoms with Crippen LogP contribution in [-0.4, -0.2) is 0 Å². The molecule has 66 heavy (non-hydrogen) atoms. The SMILES string of the molecule is CC1(C)c2ccccc2C2(c3ccccc3-c3ccccc32)c2cc(-c3cccc(N(c4ccc(-c5cccc6c5sc5ccccc56)cc4)c4cccc(-c5ccccc5)c4)c3)ccc21. The summed E-state index contributed by atoms with van der Waals surface area (Å²) in [6.07, 6.45) is 0. The Labute approximate surface area is 390 Å². The Morgan fingerprint density at radius 2 is 0.818 bits per heavy atom. The van der Waals surface area contributed by atoms with Gasteiger partial charge in [-0.15, -0.1) is 11.3 Å². The second kappa shape index (κ2) is 14.9. The first-order valence-corrected chi connectivity index (χ1v) is 23.8. The summed E-state index contributed by atoms with van der Waals surface area (Å²) in [5, 5.41) is 2.64. The summed E-state index contributed by atoms with van der Waals surface area (Å²) in [4.78, 5) is 2.42. The molecule has 0 unspecified atom stereocenters. The molecule has 0 saturated carbocycles. The number of rotatable bonds is 6. The number of nitrogens with zero attached hydrogens (tertiary/aromatic N) is 1. The highest BCUT2D eigenvalue weighted by atomic mass is 32.1. The Balaban J connectivity index is 0.975. The van der Waals surface area contributed by atoms with Crippen molar-refractivity contribution in [3.63, 3.8) is 0 Å². The third kappa shape index (κ3) is 5.71. The summed E-state index contributed by atoms with van der Waals surface area (Å²) in [7, 11) is 0. The molecule has 13 rings (SSSR count). The van der Waals surface area contributed by atoms with Crippen molar-refractivity contribution in [3.8, 4) is 44.5 Å². The van der Waals surface area contributed by atoms with E-state index in [1.54, 1.807) is 0 Å². The summed E-state index contributed by atoms with van der Waals surface area (Å²) in [5.41, 5.74) is 20.8. The summed E-state index contributed by atoms with van der Waals surface area (Å²) in [6, 6.07) is 88.2. The molecule has 312 valence electrons. The van der Waals surface area contributed by atoms with E-state index >= 15 is 0 Å². The van der Waals surface area contributed by atoms with Crippen LogP contribution in [0.15, 0.2) is 237 Å². The van der Waals surface area contributed by atoms with Crippen molar-refractivity contribution < 1.29 is 0 Å². The summed E-state index contributed by atoms with van der Waals surface area (Å²) in [6.45, 7) is 4.81. The molecule has 1 nitrogen and oxygen atoms in total. The zero-order chi connectivity index (χ0) is 44.0. The molecule has 2 aliphatic rings. The minimum Gasteiger partial charge on any atom is -0.310 e. The Kier molecular flexibility index (Phi) is 8.72. The lowest BCUT2D eigenvalue weighted by Gasteiger charge is -2.47. The van der Waals surface area contributed by atoms with Gasteiger partial charge < -0.3 is 4.90 Å². The monoisotopic (exact) mass is 859 g/mol. The maximum absolute atomic E-state index is 2.52. The molecule has 11 aromatic rings. The van der Waals surface area contributed by atoms with Crippen molar-refractivity contribution in [1.29, 1.82) is 0 Å². The molecule has 0 saturated heterocycles. The molecular weight excluding hydrogens is 815 g/mol. The Bertz CT molecular complexity index is 3640. The van der Waals surface area contributed by atoms with Gasteiger partial charge >= 0.3 is 0 Å². The third-order valence-electron chi connectivity index (χ3n) is 14.5. The van der Waals surface area contributed by atoms with Crippen molar-refractivity contribution in [1.82, 2.24) is 0 Å². The van der Waals surface area contributed by atoms with E-state index in [4.69, 9.17) is 0 Å². The molecule has 0 radical (unpaired) electrons. The molecule has 1 heterocycles. The number of hydrogen-bond donors (Lipinski definition) is 0. The van der Waals surface area contributed by atoms with Gasteiger partial charge in [0.15, 0.2) is 0 Å². The molecular formula is C64H45NS. The van der Waals surface area contributed by atoms with Crippen LogP contribution in [-0.2, 0) is 10.8 Å². The van der Waals surface area contributed by atoms with Crippen LogP contribution >= 0.6 is 11.3 Å². The molecule has 1 aromatic heterocycles. The fourth-order valence-electron chi connectivity index (χ4n) is 11.5. The van der Waals surface area contributed by atoms with Crippen LogP contribution in [0.3, 0.4) is 0 Å². The molecule has 10 aromatic carbocycles.